The lowest BCUT2D eigenvalue weighted by Gasteiger charge is -2.57. The monoisotopic (exact) mass is 336 g/mol. The number of carbonyl (C=O) groups excluding carboxylic acids is 1. The van der Waals surface area contributed by atoms with Gasteiger partial charge in [-0.15, -0.1) is 0 Å². The van der Waals surface area contributed by atoms with Crippen LogP contribution in [0.4, 0.5) is 0 Å². The second-order valence-corrected chi connectivity index (χ2v) is 8.77. The number of hydrogen-bond acceptors (Lipinski definition) is 3. The van der Waals surface area contributed by atoms with Gasteiger partial charge in [0.1, 0.15) is 0 Å². The number of esters is 1. The summed E-state index contributed by atoms with van der Waals surface area (Å²) in [6.07, 6.45) is 8.44. The molecule has 0 bridgehead atoms. The van der Waals surface area contributed by atoms with Gasteiger partial charge in [0.2, 0.25) is 0 Å². The minimum Gasteiger partial charge on any atom is -0.469 e. The average molecular weight is 337 g/mol. The predicted octanol–water partition coefficient (Wildman–Crippen LogP) is 4.74. The number of allylic oxidation sites excluding steroid dienone is 1. The van der Waals surface area contributed by atoms with Crippen LogP contribution in [-0.4, -0.2) is 24.8 Å². The molecule has 0 heterocycles. The summed E-state index contributed by atoms with van der Waals surface area (Å²) >= 11 is 0. The first-order valence-electron chi connectivity index (χ1n) is 9.66. The van der Waals surface area contributed by atoms with Gasteiger partial charge in [0.15, 0.2) is 0 Å². The molecule has 0 spiro atoms. The number of ether oxygens (including phenoxy) is 1. The Labute approximate surface area is 147 Å². The Morgan fingerprint density at radius 3 is 2.71 bits per heavy atom. The summed E-state index contributed by atoms with van der Waals surface area (Å²) in [6, 6.07) is 0. The maximum absolute atomic E-state index is 12.6. The number of aliphatic hydroxyl groups excluding tert-OH is 1. The molecule has 0 saturated heterocycles. The van der Waals surface area contributed by atoms with E-state index in [1.807, 2.05) is 0 Å². The zero-order valence-electron chi connectivity index (χ0n) is 16.1. The number of rotatable bonds is 6. The molecule has 0 radical (unpaired) electrons. The molecule has 0 aromatic carbocycles. The molecule has 0 aliphatic heterocycles. The molecule has 2 fully saturated rings. The van der Waals surface area contributed by atoms with Gasteiger partial charge in [-0.25, -0.2) is 0 Å². The van der Waals surface area contributed by atoms with Crippen LogP contribution in [0.2, 0.25) is 0 Å². The van der Waals surface area contributed by atoms with Crippen molar-refractivity contribution in [3.63, 3.8) is 0 Å². The lowest BCUT2D eigenvalue weighted by atomic mass is 9.46. The Morgan fingerprint density at radius 1 is 1.38 bits per heavy atom. The molecule has 0 aromatic rings. The van der Waals surface area contributed by atoms with E-state index in [1.165, 1.54) is 19.1 Å². The summed E-state index contributed by atoms with van der Waals surface area (Å²) in [5.41, 5.74) is 1.17. The summed E-state index contributed by atoms with van der Waals surface area (Å²) in [6.45, 7) is 11.4. The van der Waals surface area contributed by atoms with Crippen LogP contribution in [0.15, 0.2) is 12.2 Å². The fourth-order valence-corrected chi connectivity index (χ4v) is 5.78. The van der Waals surface area contributed by atoms with Gasteiger partial charge in [0, 0.05) is 6.61 Å². The van der Waals surface area contributed by atoms with Crippen molar-refractivity contribution in [3.8, 4) is 0 Å². The Bertz CT molecular complexity index is 472. The maximum atomic E-state index is 12.6. The van der Waals surface area contributed by atoms with Gasteiger partial charge >= 0.3 is 5.97 Å². The molecule has 0 aromatic heterocycles. The quantitative estimate of drug-likeness (QED) is 0.563. The summed E-state index contributed by atoms with van der Waals surface area (Å²) < 4.78 is 5.19. The largest absolute Gasteiger partial charge is 0.469 e. The summed E-state index contributed by atoms with van der Waals surface area (Å²) in [7, 11) is 1.52. The second-order valence-electron chi connectivity index (χ2n) is 8.77. The number of hydrogen-bond donors (Lipinski definition) is 1. The first kappa shape index (κ1) is 19.5. The van der Waals surface area contributed by atoms with Crippen molar-refractivity contribution in [2.45, 2.75) is 72.1 Å². The summed E-state index contributed by atoms with van der Waals surface area (Å²) in [5.74, 6) is 1.39. The normalized spacial score (nSPS) is 37.6. The van der Waals surface area contributed by atoms with E-state index in [4.69, 9.17) is 9.84 Å². The predicted molar refractivity (Wildman–Crippen MR) is 97.5 cm³/mol. The number of aliphatic hydroxyl groups is 1. The van der Waals surface area contributed by atoms with E-state index in [2.05, 4.69) is 27.4 Å². The van der Waals surface area contributed by atoms with Crippen molar-refractivity contribution in [2.75, 3.05) is 13.7 Å². The Morgan fingerprint density at radius 2 is 2.08 bits per heavy atom. The maximum Gasteiger partial charge on any atom is 0.311 e. The third-order valence-electron chi connectivity index (χ3n) is 7.24. The molecular weight excluding hydrogens is 300 g/mol. The van der Waals surface area contributed by atoms with E-state index in [9.17, 15) is 4.79 Å². The van der Waals surface area contributed by atoms with E-state index < -0.39 is 0 Å². The highest BCUT2D eigenvalue weighted by atomic mass is 16.5. The summed E-state index contributed by atoms with van der Waals surface area (Å²) in [4.78, 5) is 12.6. The van der Waals surface area contributed by atoms with Crippen molar-refractivity contribution < 1.29 is 14.6 Å². The fraction of sp³-hybridized carbons (Fsp3) is 0.857. The number of methoxy groups -OCH3 is 1. The Hall–Kier alpha value is -0.830. The van der Waals surface area contributed by atoms with E-state index in [0.717, 1.165) is 44.9 Å². The average Bonchev–Trinajstić information content (AvgIpc) is 2.53. The molecule has 2 saturated carbocycles. The van der Waals surface area contributed by atoms with Gasteiger partial charge in [-0.1, -0.05) is 38.8 Å². The molecule has 0 amide bonds. The van der Waals surface area contributed by atoms with Gasteiger partial charge in [0.05, 0.1) is 12.5 Å². The van der Waals surface area contributed by atoms with Gasteiger partial charge in [-0.2, -0.15) is 0 Å². The van der Waals surface area contributed by atoms with Crippen LogP contribution < -0.4 is 0 Å². The van der Waals surface area contributed by atoms with Crippen LogP contribution in [-0.2, 0) is 9.53 Å². The first-order chi connectivity index (χ1) is 11.3. The van der Waals surface area contributed by atoms with Crippen LogP contribution >= 0.6 is 0 Å². The van der Waals surface area contributed by atoms with Crippen molar-refractivity contribution in [1.82, 2.24) is 0 Å². The van der Waals surface area contributed by atoms with Crippen LogP contribution in [0.25, 0.3) is 0 Å². The van der Waals surface area contributed by atoms with Gasteiger partial charge < -0.3 is 9.84 Å². The van der Waals surface area contributed by atoms with Crippen LogP contribution in [0.1, 0.15) is 72.1 Å². The third-order valence-corrected chi connectivity index (χ3v) is 7.24. The zero-order chi connectivity index (χ0) is 18.0. The topological polar surface area (TPSA) is 46.5 Å². The lowest BCUT2D eigenvalue weighted by molar-refractivity contribution is -0.168. The summed E-state index contributed by atoms with van der Waals surface area (Å²) in [5, 5.41) is 9.15. The van der Waals surface area contributed by atoms with Gasteiger partial charge in [-0.3, -0.25) is 4.79 Å². The molecule has 2 aliphatic rings. The molecular formula is C21H36O3. The highest BCUT2D eigenvalue weighted by Crippen LogP contribution is 2.62. The minimum atomic E-state index is -0.350. The number of fused-ring (bicyclic) bond motifs is 1. The SMILES string of the molecule is C=C1CC[C@@H]2[C@](C)(CCC[C@]2(C)C(=O)OC)[C@H]1CC[C@@H](C)CCO. The van der Waals surface area contributed by atoms with Crippen molar-refractivity contribution >= 4 is 5.97 Å². The van der Waals surface area contributed by atoms with E-state index in [-0.39, 0.29) is 23.4 Å². The standard InChI is InChI=1S/C21H36O3/c1-15(11-14-22)7-9-17-16(2)8-10-18-20(17,3)12-6-13-21(18,4)19(23)24-5/h15,17-18,22H,2,6-14H2,1,3-5H3/t15-,17+,18-,20-,21+/m1/s1. The Balaban J connectivity index is 2.22. The molecule has 2 aliphatic carbocycles. The molecule has 138 valence electrons. The van der Waals surface area contributed by atoms with Crippen molar-refractivity contribution in [3.05, 3.63) is 12.2 Å². The van der Waals surface area contributed by atoms with E-state index in [0.29, 0.717) is 17.8 Å². The fourth-order valence-electron chi connectivity index (χ4n) is 5.78. The van der Waals surface area contributed by atoms with Crippen molar-refractivity contribution in [1.29, 1.82) is 0 Å². The molecule has 3 heteroatoms. The van der Waals surface area contributed by atoms with Crippen LogP contribution in [0, 0.1) is 28.6 Å². The molecule has 24 heavy (non-hydrogen) atoms. The molecule has 2 rings (SSSR count). The lowest BCUT2D eigenvalue weighted by Crippen LogP contribution is -2.53. The first-order valence-corrected chi connectivity index (χ1v) is 9.66. The van der Waals surface area contributed by atoms with Crippen LogP contribution in [0.5, 0.6) is 0 Å². The molecule has 0 unspecified atom stereocenters. The second kappa shape index (κ2) is 7.59. The van der Waals surface area contributed by atoms with Gasteiger partial charge in [0.25, 0.3) is 0 Å². The van der Waals surface area contributed by atoms with E-state index in [1.54, 1.807) is 0 Å². The third kappa shape index (κ3) is 3.42. The highest BCUT2D eigenvalue weighted by Gasteiger charge is 2.57. The van der Waals surface area contributed by atoms with E-state index >= 15 is 0 Å². The smallest absolute Gasteiger partial charge is 0.311 e. The minimum absolute atomic E-state index is 0.0293. The molecule has 5 atom stereocenters. The van der Waals surface area contributed by atoms with Crippen molar-refractivity contribution in [2.24, 2.45) is 28.6 Å². The molecule has 1 N–H and O–H groups in total. The Kier molecular flexibility index (Phi) is 6.17. The zero-order valence-corrected chi connectivity index (χ0v) is 16.1. The molecule has 3 nitrogen and oxygen atoms in total. The van der Waals surface area contributed by atoms with Gasteiger partial charge in [-0.05, 0) is 68.6 Å². The number of carbonyl (C=O) groups is 1. The highest BCUT2D eigenvalue weighted by molar-refractivity contribution is 5.77. The van der Waals surface area contributed by atoms with Crippen LogP contribution in [0.3, 0.4) is 0 Å².